The van der Waals surface area contributed by atoms with Crippen molar-refractivity contribution in [2.45, 2.75) is 11.8 Å². The first-order valence-electron chi connectivity index (χ1n) is 5.92. The van der Waals surface area contributed by atoms with Crippen molar-refractivity contribution in [3.8, 4) is 6.07 Å². The molecule has 0 aliphatic heterocycles. The van der Waals surface area contributed by atoms with E-state index in [0.717, 1.165) is 10.0 Å². The number of nitrogens with one attached hydrogen (secondary N) is 1. The monoisotopic (exact) mass is 365 g/mol. The quantitative estimate of drug-likeness (QED) is 0.817. The van der Waals surface area contributed by atoms with Crippen LogP contribution in [-0.4, -0.2) is 8.42 Å². The predicted octanol–water partition coefficient (Wildman–Crippen LogP) is 3.01. The van der Waals surface area contributed by atoms with Crippen molar-refractivity contribution in [2.24, 2.45) is 0 Å². The Morgan fingerprint density at radius 1 is 1.24 bits per heavy atom. The topological polar surface area (TPSA) is 96.0 Å². The van der Waals surface area contributed by atoms with Gasteiger partial charge >= 0.3 is 0 Å². The highest BCUT2D eigenvalue weighted by atomic mass is 79.9. The number of sulfonamides is 1. The second-order valence-electron chi connectivity index (χ2n) is 4.43. The standard InChI is InChI=1S/C14H12BrN3O2S/c1-9-2-4-11(15)7-13(9)18-21(19,20)14-5-3-10(8-16)6-12(14)17/h2-7,18H,17H2,1H3. The lowest BCUT2D eigenvalue weighted by molar-refractivity contribution is 0.601. The fourth-order valence-electron chi connectivity index (χ4n) is 1.77. The number of hydrogen-bond acceptors (Lipinski definition) is 4. The molecule has 3 N–H and O–H groups in total. The Bertz CT molecular complexity index is 842. The van der Waals surface area contributed by atoms with Crippen LogP contribution < -0.4 is 10.5 Å². The zero-order chi connectivity index (χ0) is 15.6. The molecule has 0 atom stereocenters. The maximum Gasteiger partial charge on any atom is 0.263 e. The van der Waals surface area contributed by atoms with Crippen LogP contribution in [0.25, 0.3) is 0 Å². The second kappa shape index (κ2) is 5.76. The maximum atomic E-state index is 12.4. The first-order valence-corrected chi connectivity index (χ1v) is 8.20. The van der Waals surface area contributed by atoms with Crippen LogP contribution in [0.4, 0.5) is 11.4 Å². The summed E-state index contributed by atoms with van der Waals surface area (Å²) in [5, 5.41) is 8.78. The number of rotatable bonds is 3. The number of nitrogens with two attached hydrogens (primary N) is 1. The fraction of sp³-hybridized carbons (Fsp3) is 0.0714. The van der Waals surface area contributed by atoms with Crippen LogP contribution in [0, 0.1) is 18.3 Å². The highest BCUT2D eigenvalue weighted by Crippen LogP contribution is 2.26. The van der Waals surface area contributed by atoms with Crippen LogP contribution in [0.3, 0.4) is 0 Å². The van der Waals surface area contributed by atoms with Crippen molar-refractivity contribution in [1.82, 2.24) is 0 Å². The Hall–Kier alpha value is -2.04. The Kier molecular flexibility index (Phi) is 4.21. The molecule has 0 heterocycles. The van der Waals surface area contributed by atoms with Crippen molar-refractivity contribution in [3.63, 3.8) is 0 Å². The Labute approximate surface area is 131 Å². The van der Waals surface area contributed by atoms with Gasteiger partial charge in [-0.1, -0.05) is 22.0 Å². The van der Waals surface area contributed by atoms with E-state index < -0.39 is 10.0 Å². The van der Waals surface area contributed by atoms with Crippen LogP contribution in [0.5, 0.6) is 0 Å². The van der Waals surface area contributed by atoms with Gasteiger partial charge < -0.3 is 5.73 Å². The van der Waals surface area contributed by atoms with Gasteiger partial charge in [-0.25, -0.2) is 8.42 Å². The van der Waals surface area contributed by atoms with E-state index in [0.29, 0.717) is 11.3 Å². The van der Waals surface area contributed by atoms with E-state index in [1.165, 1.54) is 18.2 Å². The van der Waals surface area contributed by atoms with Crippen molar-refractivity contribution in [3.05, 3.63) is 52.0 Å². The summed E-state index contributed by atoms with van der Waals surface area (Å²) in [6.07, 6.45) is 0. The summed E-state index contributed by atoms with van der Waals surface area (Å²) in [6, 6.07) is 11.3. The largest absolute Gasteiger partial charge is 0.398 e. The van der Waals surface area contributed by atoms with Crippen LogP contribution in [0.1, 0.15) is 11.1 Å². The van der Waals surface area contributed by atoms with E-state index in [1.54, 1.807) is 19.1 Å². The van der Waals surface area contributed by atoms with E-state index in [4.69, 9.17) is 11.0 Å². The lowest BCUT2D eigenvalue weighted by Gasteiger charge is -2.12. The van der Waals surface area contributed by atoms with Crippen molar-refractivity contribution >= 4 is 37.3 Å². The highest BCUT2D eigenvalue weighted by Gasteiger charge is 2.18. The van der Waals surface area contributed by atoms with Gasteiger partial charge in [-0.05, 0) is 42.8 Å². The Morgan fingerprint density at radius 2 is 1.95 bits per heavy atom. The summed E-state index contributed by atoms with van der Waals surface area (Å²) in [5.74, 6) is 0. The van der Waals surface area contributed by atoms with Gasteiger partial charge in [0.25, 0.3) is 10.0 Å². The van der Waals surface area contributed by atoms with Crippen LogP contribution in [0.2, 0.25) is 0 Å². The van der Waals surface area contributed by atoms with Gasteiger partial charge in [-0.3, -0.25) is 4.72 Å². The second-order valence-corrected chi connectivity index (χ2v) is 7.00. The molecule has 7 heteroatoms. The summed E-state index contributed by atoms with van der Waals surface area (Å²) >= 11 is 3.30. The normalized spacial score (nSPS) is 10.9. The molecule has 0 radical (unpaired) electrons. The van der Waals surface area contributed by atoms with Gasteiger partial charge in [0, 0.05) is 4.47 Å². The molecule has 2 aromatic rings. The summed E-state index contributed by atoms with van der Waals surface area (Å²) < 4.78 is 28.1. The smallest absolute Gasteiger partial charge is 0.263 e. The summed E-state index contributed by atoms with van der Waals surface area (Å²) in [4.78, 5) is -0.0547. The third kappa shape index (κ3) is 3.35. The molecule has 0 spiro atoms. The Morgan fingerprint density at radius 3 is 2.57 bits per heavy atom. The van der Waals surface area contributed by atoms with Crippen molar-refractivity contribution in [2.75, 3.05) is 10.5 Å². The van der Waals surface area contributed by atoms with Gasteiger partial charge in [0.05, 0.1) is 23.0 Å². The van der Waals surface area contributed by atoms with Crippen LogP contribution in [-0.2, 0) is 10.0 Å². The fourth-order valence-corrected chi connectivity index (χ4v) is 3.36. The van der Waals surface area contributed by atoms with E-state index in [1.807, 2.05) is 12.1 Å². The number of hydrogen-bond donors (Lipinski definition) is 2. The number of benzene rings is 2. The van der Waals surface area contributed by atoms with Gasteiger partial charge in [0.2, 0.25) is 0 Å². The molecule has 0 fully saturated rings. The molecule has 0 bridgehead atoms. The summed E-state index contributed by atoms with van der Waals surface area (Å²) in [6.45, 7) is 1.80. The van der Waals surface area contributed by atoms with Crippen molar-refractivity contribution < 1.29 is 8.42 Å². The number of halogens is 1. The summed E-state index contributed by atoms with van der Waals surface area (Å²) in [7, 11) is -3.81. The van der Waals surface area contributed by atoms with Gasteiger partial charge in [0.15, 0.2) is 0 Å². The van der Waals surface area contributed by atoms with Gasteiger partial charge in [-0.15, -0.1) is 0 Å². The third-order valence-corrected chi connectivity index (χ3v) is 4.81. The van der Waals surface area contributed by atoms with E-state index in [2.05, 4.69) is 20.7 Å². The molecule has 0 aromatic heterocycles. The van der Waals surface area contributed by atoms with Gasteiger partial charge in [0.1, 0.15) is 4.90 Å². The minimum Gasteiger partial charge on any atom is -0.398 e. The lowest BCUT2D eigenvalue weighted by Crippen LogP contribution is -2.15. The molecule has 21 heavy (non-hydrogen) atoms. The number of nitriles is 1. The average Bonchev–Trinajstić information content (AvgIpc) is 2.42. The molecule has 5 nitrogen and oxygen atoms in total. The van der Waals surface area contributed by atoms with Gasteiger partial charge in [-0.2, -0.15) is 5.26 Å². The highest BCUT2D eigenvalue weighted by molar-refractivity contribution is 9.10. The molecule has 2 aromatic carbocycles. The zero-order valence-corrected chi connectivity index (χ0v) is 13.5. The molecule has 0 unspecified atom stereocenters. The van der Waals surface area contributed by atoms with E-state index in [-0.39, 0.29) is 10.6 Å². The van der Waals surface area contributed by atoms with Crippen molar-refractivity contribution in [1.29, 1.82) is 5.26 Å². The minimum absolute atomic E-state index is 0.0363. The SMILES string of the molecule is Cc1ccc(Br)cc1NS(=O)(=O)c1ccc(C#N)cc1N. The Balaban J connectivity index is 2.44. The maximum absolute atomic E-state index is 12.4. The molecule has 0 aliphatic carbocycles. The number of nitrogens with zero attached hydrogens (tertiary/aromatic N) is 1. The molecular formula is C14H12BrN3O2S. The van der Waals surface area contributed by atoms with Crippen LogP contribution in [0.15, 0.2) is 45.8 Å². The molecule has 0 saturated carbocycles. The number of nitrogen functional groups attached to an aromatic ring is 1. The molecular weight excluding hydrogens is 354 g/mol. The first kappa shape index (κ1) is 15.4. The molecule has 2 rings (SSSR count). The zero-order valence-electron chi connectivity index (χ0n) is 11.1. The molecule has 0 amide bonds. The summed E-state index contributed by atoms with van der Waals surface area (Å²) in [5.41, 5.74) is 7.32. The lowest BCUT2D eigenvalue weighted by atomic mass is 10.2. The molecule has 0 aliphatic rings. The first-order chi connectivity index (χ1) is 9.83. The molecule has 108 valence electrons. The number of anilines is 2. The third-order valence-electron chi connectivity index (χ3n) is 2.87. The minimum atomic E-state index is -3.81. The predicted molar refractivity (Wildman–Crippen MR) is 85.3 cm³/mol. The van der Waals surface area contributed by atoms with E-state index in [9.17, 15) is 8.42 Å². The van der Waals surface area contributed by atoms with E-state index >= 15 is 0 Å². The number of aryl methyl sites for hydroxylation is 1. The average molecular weight is 366 g/mol. The molecule has 0 saturated heterocycles. The van der Waals surface area contributed by atoms with Crippen LogP contribution >= 0.6 is 15.9 Å².